The Kier molecular flexibility index (Phi) is 10.7. The maximum absolute atomic E-state index is 12.8. The van der Waals surface area contributed by atoms with Gasteiger partial charge in [0.05, 0.1) is 29.1 Å². The van der Waals surface area contributed by atoms with Crippen LogP contribution in [0.25, 0.3) is 10.4 Å². The van der Waals surface area contributed by atoms with Crippen molar-refractivity contribution >= 4 is 35.5 Å². The number of nitrogens with one attached hydrogen (secondary N) is 2. The summed E-state index contributed by atoms with van der Waals surface area (Å²) >= 11 is 1.25. The molecule has 2 rings (SSSR count). The summed E-state index contributed by atoms with van der Waals surface area (Å²) < 4.78 is 0. The lowest BCUT2D eigenvalue weighted by atomic mass is 9.90. The molecule has 0 aliphatic carbocycles. The van der Waals surface area contributed by atoms with E-state index in [1.807, 2.05) is 6.92 Å². The Bertz CT molecular complexity index is 975. The molecule has 2 atom stereocenters. The third-order valence-electron chi connectivity index (χ3n) is 5.54. The molecule has 1 aromatic heterocycles. The number of hydroxylamine groups is 2. The van der Waals surface area contributed by atoms with Crippen LogP contribution in [-0.2, 0) is 9.59 Å². The number of carboxylic acids is 1. The number of aromatic carboxylic acids is 1. The van der Waals surface area contributed by atoms with E-state index in [4.69, 9.17) is 5.11 Å². The van der Waals surface area contributed by atoms with Crippen LogP contribution in [0, 0.1) is 5.92 Å². The Hall–Kier alpha value is -3.24. The fraction of sp³-hybridized carbons (Fsp3) is 0.417. The number of carbonyl (C=O) groups excluding carboxylic acids is 3. The van der Waals surface area contributed by atoms with E-state index in [0.717, 1.165) is 29.7 Å². The third-order valence-corrected chi connectivity index (χ3v) is 6.68. The second kappa shape index (κ2) is 13.5. The molecule has 2 unspecified atom stereocenters. The second-order valence-corrected chi connectivity index (χ2v) is 8.92. The maximum atomic E-state index is 12.8. The molecule has 0 radical (unpaired) electrons. The van der Waals surface area contributed by atoms with Crippen LogP contribution in [0.3, 0.4) is 0 Å². The van der Waals surface area contributed by atoms with Gasteiger partial charge in [0.25, 0.3) is 5.91 Å². The van der Waals surface area contributed by atoms with Crippen molar-refractivity contribution in [3.8, 4) is 10.4 Å². The summed E-state index contributed by atoms with van der Waals surface area (Å²) in [4.78, 5) is 48.6. The highest BCUT2D eigenvalue weighted by molar-refractivity contribution is 7.17. The van der Waals surface area contributed by atoms with Crippen molar-refractivity contribution in [3.63, 3.8) is 0 Å². The predicted molar refractivity (Wildman–Crippen MR) is 129 cm³/mol. The zero-order valence-electron chi connectivity index (χ0n) is 19.3. The van der Waals surface area contributed by atoms with E-state index in [9.17, 15) is 24.4 Å². The van der Waals surface area contributed by atoms with E-state index in [1.54, 1.807) is 31.2 Å². The van der Waals surface area contributed by atoms with Crippen LogP contribution in [0.5, 0.6) is 0 Å². The van der Waals surface area contributed by atoms with E-state index in [-0.39, 0.29) is 24.0 Å². The highest BCUT2D eigenvalue weighted by Gasteiger charge is 2.30. The predicted octanol–water partition coefficient (Wildman–Crippen LogP) is 3.74. The summed E-state index contributed by atoms with van der Waals surface area (Å²) in [6, 6.07) is 9.18. The zero-order chi connectivity index (χ0) is 25.1. The fourth-order valence-electron chi connectivity index (χ4n) is 3.67. The molecule has 1 aromatic carbocycles. The SMILES string of the molecule is CCCCCC(C(=O)NCNC(=O)c1ccc(-c2ccc(C(=O)O)cc2)s1)C(CC)N(O)C=O. The van der Waals surface area contributed by atoms with E-state index < -0.39 is 17.9 Å². The van der Waals surface area contributed by atoms with Crippen LogP contribution in [-0.4, -0.2) is 52.3 Å². The molecule has 34 heavy (non-hydrogen) atoms. The van der Waals surface area contributed by atoms with E-state index in [0.29, 0.717) is 29.2 Å². The highest BCUT2D eigenvalue weighted by Crippen LogP contribution is 2.28. The van der Waals surface area contributed by atoms with Gasteiger partial charge in [0.15, 0.2) is 0 Å². The summed E-state index contributed by atoms with van der Waals surface area (Å²) in [5.41, 5.74) is 0.983. The molecular formula is C24H31N3O6S. The van der Waals surface area contributed by atoms with Gasteiger partial charge >= 0.3 is 5.97 Å². The molecule has 0 fully saturated rings. The van der Waals surface area contributed by atoms with Crippen molar-refractivity contribution in [2.24, 2.45) is 5.92 Å². The van der Waals surface area contributed by atoms with Crippen molar-refractivity contribution in [1.82, 2.24) is 15.7 Å². The number of hydrogen-bond acceptors (Lipinski definition) is 6. The van der Waals surface area contributed by atoms with Gasteiger partial charge in [-0.1, -0.05) is 45.2 Å². The largest absolute Gasteiger partial charge is 0.478 e. The van der Waals surface area contributed by atoms with Crippen molar-refractivity contribution in [2.75, 3.05) is 6.67 Å². The van der Waals surface area contributed by atoms with Crippen LogP contribution in [0.15, 0.2) is 36.4 Å². The van der Waals surface area contributed by atoms with Crippen LogP contribution < -0.4 is 10.6 Å². The summed E-state index contributed by atoms with van der Waals surface area (Å²) in [6.07, 6.45) is 3.94. The van der Waals surface area contributed by atoms with Crippen molar-refractivity contribution in [1.29, 1.82) is 0 Å². The maximum Gasteiger partial charge on any atom is 0.335 e. The van der Waals surface area contributed by atoms with Crippen molar-refractivity contribution < 1.29 is 29.5 Å². The Balaban J connectivity index is 1.96. The molecule has 0 aliphatic heterocycles. The van der Waals surface area contributed by atoms with Gasteiger partial charge in [-0.15, -0.1) is 11.3 Å². The zero-order valence-corrected chi connectivity index (χ0v) is 20.1. The van der Waals surface area contributed by atoms with E-state index >= 15 is 0 Å². The topological polar surface area (TPSA) is 136 Å². The monoisotopic (exact) mass is 489 g/mol. The van der Waals surface area contributed by atoms with E-state index in [1.165, 1.54) is 23.5 Å². The van der Waals surface area contributed by atoms with Gasteiger partial charge in [-0.2, -0.15) is 0 Å². The Morgan fingerprint density at radius 1 is 1.06 bits per heavy atom. The lowest BCUT2D eigenvalue weighted by molar-refractivity contribution is -0.168. The lowest BCUT2D eigenvalue weighted by Crippen LogP contribution is -2.47. The number of unbranched alkanes of at least 4 members (excludes halogenated alkanes) is 2. The van der Waals surface area contributed by atoms with Crippen LogP contribution in [0.2, 0.25) is 0 Å². The van der Waals surface area contributed by atoms with Gasteiger partial charge in [0, 0.05) is 4.88 Å². The third kappa shape index (κ3) is 7.39. The molecular weight excluding hydrogens is 458 g/mol. The van der Waals surface area contributed by atoms with Gasteiger partial charge in [-0.3, -0.25) is 19.6 Å². The molecule has 3 amide bonds. The summed E-state index contributed by atoms with van der Waals surface area (Å²) in [7, 11) is 0. The Morgan fingerprint density at radius 2 is 1.76 bits per heavy atom. The molecule has 2 aromatic rings. The highest BCUT2D eigenvalue weighted by atomic mass is 32.1. The molecule has 0 spiro atoms. The number of amides is 3. The normalized spacial score (nSPS) is 12.4. The van der Waals surface area contributed by atoms with Crippen molar-refractivity contribution in [2.45, 2.75) is 52.0 Å². The van der Waals surface area contributed by atoms with Crippen LogP contribution in [0.1, 0.15) is 66.0 Å². The molecule has 1 heterocycles. The van der Waals surface area contributed by atoms with Crippen molar-refractivity contribution in [3.05, 3.63) is 46.8 Å². The van der Waals surface area contributed by atoms with Gasteiger partial charge in [0.2, 0.25) is 12.3 Å². The summed E-state index contributed by atoms with van der Waals surface area (Å²) in [6.45, 7) is 3.75. The molecule has 0 aliphatic rings. The number of carboxylic acid groups (broad SMARTS) is 1. The minimum atomic E-state index is -1.00. The van der Waals surface area contributed by atoms with Crippen LogP contribution in [0.4, 0.5) is 0 Å². The standard InChI is InChI=1S/C24H31N3O6S/c1-3-5-6-7-18(19(4-2)27(33)15-28)22(29)25-14-26-23(30)21-13-12-20(34-21)16-8-10-17(11-9-16)24(31)32/h8-13,15,18-19,33H,3-7,14H2,1-2H3,(H,25,29)(H,26,30)(H,31,32). The minimum absolute atomic E-state index is 0.0918. The van der Waals surface area contributed by atoms with Gasteiger partial charge < -0.3 is 15.7 Å². The first kappa shape index (κ1) is 27.0. The Morgan fingerprint density at radius 3 is 2.35 bits per heavy atom. The first-order valence-electron chi connectivity index (χ1n) is 11.2. The van der Waals surface area contributed by atoms with Crippen LogP contribution >= 0.6 is 11.3 Å². The molecule has 10 heteroatoms. The minimum Gasteiger partial charge on any atom is -0.478 e. The number of rotatable bonds is 14. The average molecular weight is 490 g/mol. The second-order valence-electron chi connectivity index (χ2n) is 7.83. The number of thiophene rings is 1. The molecule has 184 valence electrons. The van der Waals surface area contributed by atoms with Gasteiger partial charge in [0.1, 0.15) is 0 Å². The number of hydrogen-bond donors (Lipinski definition) is 4. The van der Waals surface area contributed by atoms with Gasteiger partial charge in [-0.25, -0.2) is 9.86 Å². The van der Waals surface area contributed by atoms with E-state index in [2.05, 4.69) is 10.6 Å². The summed E-state index contributed by atoms with van der Waals surface area (Å²) in [5.74, 6) is -2.29. The Labute approximate surface area is 202 Å². The molecule has 0 saturated carbocycles. The summed E-state index contributed by atoms with van der Waals surface area (Å²) in [5, 5.41) is 24.8. The number of benzene rings is 1. The molecule has 9 nitrogen and oxygen atoms in total. The fourth-order valence-corrected chi connectivity index (χ4v) is 4.60. The number of nitrogens with zero attached hydrogens (tertiary/aromatic N) is 1. The smallest absolute Gasteiger partial charge is 0.335 e. The molecule has 0 bridgehead atoms. The van der Waals surface area contributed by atoms with Gasteiger partial charge in [-0.05, 0) is 42.7 Å². The molecule has 0 saturated heterocycles. The first-order valence-corrected chi connectivity index (χ1v) is 12.1. The lowest BCUT2D eigenvalue weighted by Gasteiger charge is -2.29. The number of carbonyl (C=O) groups is 4. The quantitative estimate of drug-likeness (QED) is 0.105. The average Bonchev–Trinajstić information content (AvgIpc) is 3.33. The first-order chi connectivity index (χ1) is 16.3. The molecule has 4 N–H and O–H groups in total.